The maximum Gasteiger partial charge on any atom is 0.269 e. The maximum absolute atomic E-state index is 9.08. The highest BCUT2D eigenvalue weighted by molar-refractivity contribution is 6.09. The zero-order valence-corrected chi connectivity index (χ0v) is 31.7. The van der Waals surface area contributed by atoms with Crippen LogP contribution in [0.4, 0.5) is 0 Å². The van der Waals surface area contributed by atoms with Crippen LogP contribution in [0.2, 0.25) is 0 Å². The largest absolute Gasteiger partial charge is 0.458 e. The third-order valence-electron chi connectivity index (χ3n) is 10.2. The Morgan fingerprint density at radius 1 is 0.655 bits per heavy atom. The Morgan fingerprint density at radius 2 is 1.33 bits per heavy atom. The molecule has 0 N–H and O–H groups in total. The van der Waals surface area contributed by atoms with Crippen molar-refractivity contribution in [1.82, 2.24) is 14.1 Å². The van der Waals surface area contributed by atoms with Crippen molar-refractivity contribution in [2.75, 3.05) is 0 Å². The third-order valence-corrected chi connectivity index (χ3v) is 10.2. The molecular formula is C53H42N4O. The second-order valence-corrected chi connectivity index (χ2v) is 15.0. The molecule has 10 aromatic rings. The Kier molecular flexibility index (Phi) is 5.75. The number of ether oxygens (including phenoxy) is 1. The van der Waals surface area contributed by atoms with E-state index in [1.807, 2.05) is 48.7 Å². The van der Waals surface area contributed by atoms with E-state index in [4.69, 9.17) is 27.5 Å². The van der Waals surface area contributed by atoms with E-state index in [-0.39, 0.29) is 38.9 Å². The summed E-state index contributed by atoms with van der Waals surface area (Å²) in [5.74, 6) is 1.77. The summed E-state index contributed by atoms with van der Waals surface area (Å²) in [4.78, 5) is 4.81. The third kappa shape index (κ3) is 6.22. The highest BCUT2D eigenvalue weighted by Crippen LogP contribution is 2.38. The van der Waals surface area contributed by atoms with Crippen molar-refractivity contribution in [3.63, 3.8) is 0 Å². The Morgan fingerprint density at radius 3 is 2.05 bits per heavy atom. The predicted molar refractivity (Wildman–Crippen MR) is 237 cm³/mol. The van der Waals surface area contributed by atoms with Crippen LogP contribution in [0.1, 0.15) is 49.7 Å². The summed E-state index contributed by atoms with van der Waals surface area (Å²) in [5.41, 5.74) is 2.90. The highest BCUT2D eigenvalue weighted by Gasteiger charge is 2.21. The number of hydrogen-bond acceptors (Lipinski definition) is 2. The molecule has 58 heavy (non-hydrogen) atoms. The number of aromatic nitrogens is 4. The van der Waals surface area contributed by atoms with Gasteiger partial charge in [-0.25, -0.2) is 4.98 Å². The van der Waals surface area contributed by atoms with Gasteiger partial charge in [0.1, 0.15) is 17.3 Å². The van der Waals surface area contributed by atoms with Gasteiger partial charge in [0.25, 0.3) is 6.33 Å². The van der Waals surface area contributed by atoms with Gasteiger partial charge in [-0.3, -0.25) is 13.7 Å². The number of pyridine rings is 1. The zero-order valence-electron chi connectivity index (χ0n) is 44.7. The Balaban J connectivity index is 1.18. The molecular weight excluding hydrogens is 709 g/mol. The minimum Gasteiger partial charge on any atom is -0.458 e. The van der Waals surface area contributed by atoms with Crippen LogP contribution in [0.15, 0.2) is 182 Å². The minimum absolute atomic E-state index is 0.0522. The number of imidazole rings is 1. The van der Waals surface area contributed by atoms with E-state index in [2.05, 4.69) is 49.9 Å². The lowest BCUT2D eigenvalue weighted by Gasteiger charge is -2.20. The second-order valence-electron chi connectivity index (χ2n) is 15.0. The van der Waals surface area contributed by atoms with E-state index in [1.165, 1.54) is 16.7 Å². The van der Waals surface area contributed by atoms with Crippen LogP contribution in [0.5, 0.6) is 11.5 Å². The topological polar surface area (TPSA) is 35.9 Å². The number of para-hydroxylation sites is 3. The molecule has 0 aliphatic rings. The van der Waals surface area contributed by atoms with Crippen molar-refractivity contribution < 1.29 is 27.1 Å². The lowest BCUT2D eigenvalue weighted by molar-refractivity contribution is -0.571. The first-order valence-electron chi connectivity index (χ1n) is 25.2. The number of aryl methyl sites for hydroxylation is 1. The molecule has 0 aliphatic heterocycles. The molecule has 3 heterocycles. The van der Waals surface area contributed by atoms with E-state index in [1.54, 1.807) is 47.0 Å². The minimum atomic E-state index is -2.87. The van der Waals surface area contributed by atoms with Crippen molar-refractivity contribution in [3.8, 4) is 50.9 Å². The average Bonchev–Trinajstić information content (AvgIpc) is 3.89. The molecule has 0 saturated heterocycles. The molecule has 5 nitrogen and oxygen atoms in total. The van der Waals surface area contributed by atoms with Gasteiger partial charge < -0.3 is 4.74 Å². The monoisotopic (exact) mass is 763 g/mol. The summed E-state index contributed by atoms with van der Waals surface area (Å²) in [5, 5.41) is 2.07. The Hall–Kier alpha value is -7.24. The molecule has 10 rings (SSSR count). The summed E-state index contributed by atoms with van der Waals surface area (Å²) in [6, 6.07) is 28.2. The van der Waals surface area contributed by atoms with E-state index >= 15 is 0 Å². The fourth-order valence-electron chi connectivity index (χ4n) is 7.53. The maximum atomic E-state index is 9.08. The van der Waals surface area contributed by atoms with Gasteiger partial charge >= 0.3 is 0 Å². The van der Waals surface area contributed by atoms with Crippen LogP contribution in [0.3, 0.4) is 0 Å². The molecule has 0 aliphatic carbocycles. The van der Waals surface area contributed by atoms with Gasteiger partial charge in [0.2, 0.25) is 0 Å². The lowest BCUT2D eigenvalue weighted by Crippen LogP contribution is -2.31. The molecule has 0 bridgehead atoms. The van der Waals surface area contributed by atoms with E-state index in [0.29, 0.717) is 28.2 Å². The molecule has 0 fully saturated rings. The number of nitrogens with zero attached hydrogens (tertiary/aromatic N) is 4. The van der Waals surface area contributed by atoms with Crippen LogP contribution < -0.4 is 9.30 Å². The molecule has 7 aromatic carbocycles. The molecule has 5 heteroatoms. The van der Waals surface area contributed by atoms with Crippen molar-refractivity contribution in [2.45, 2.75) is 33.0 Å². The molecule has 0 saturated carbocycles. The van der Waals surface area contributed by atoms with Gasteiger partial charge in [-0.05, 0) is 88.6 Å². The first-order valence-corrected chi connectivity index (χ1v) is 18.7. The number of benzene rings is 7. The summed E-state index contributed by atoms with van der Waals surface area (Å²) in [7, 11) is 0. The van der Waals surface area contributed by atoms with Gasteiger partial charge in [-0.1, -0.05) is 147 Å². The fourth-order valence-corrected chi connectivity index (χ4v) is 7.53. The van der Waals surface area contributed by atoms with Gasteiger partial charge in [0.05, 0.1) is 47.1 Å². The normalized spacial score (nSPS) is 15.2. The summed E-state index contributed by atoms with van der Waals surface area (Å²) in [6.45, 7) is 3.61. The van der Waals surface area contributed by atoms with Gasteiger partial charge in [-0.15, -0.1) is 0 Å². The van der Waals surface area contributed by atoms with Crippen molar-refractivity contribution in [2.24, 2.45) is 0 Å². The van der Waals surface area contributed by atoms with Gasteiger partial charge in [-0.2, -0.15) is 0 Å². The molecule has 0 radical (unpaired) electrons. The van der Waals surface area contributed by atoms with Gasteiger partial charge in [0.15, 0.2) is 0 Å². The highest BCUT2D eigenvalue weighted by atomic mass is 16.5. The van der Waals surface area contributed by atoms with Crippen molar-refractivity contribution >= 4 is 32.8 Å². The van der Waals surface area contributed by atoms with E-state index in [0.717, 1.165) is 33.2 Å². The van der Waals surface area contributed by atoms with Crippen molar-refractivity contribution in [3.05, 3.63) is 199 Å². The van der Waals surface area contributed by atoms with E-state index in [9.17, 15) is 0 Å². The van der Waals surface area contributed by atoms with Gasteiger partial charge in [0, 0.05) is 27.1 Å². The lowest BCUT2D eigenvalue weighted by atomic mass is 9.88. The molecule has 0 amide bonds. The molecule has 0 spiro atoms. The summed E-state index contributed by atoms with van der Waals surface area (Å²) in [6.07, 6.45) is 5.18. The van der Waals surface area contributed by atoms with E-state index < -0.39 is 67.3 Å². The molecule has 3 aromatic heterocycles. The number of hydrogen-bond donors (Lipinski definition) is 0. The number of fused-ring (bicyclic) bond motifs is 4. The molecule has 280 valence electrons. The smallest absolute Gasteiger partial charge is 0.269 e. The fraction of sp³-hybridized carbons (Fsp3) is 0.0943. The quantitative estimate of drug-likeness (QED) is 0.120. The second kappa shape index (κ2) is 14.1. The summed E-state index contributed by atoms with van der Waals surface area (Å²) < 4.78 is 125. The zero-order chi connectivity index (χ0) is 50.6. The van der Waals surface area contributed by atoms with Crippen LogP contribution in [0, 0.1) is 13.2 Å². The van der Waals surface area contributed by atoms with Crippen LogP contribution in [-0.2, 0) is 5.41 Å². The standard InChI is InChI=1S/C53H42N4O/c1-36-30-45(37-16-7-5-8-17-37)52(46(31-36)38-18-9-6-10-19-38)56-35-55(48-24-13-14-25-49(48)56)40-20-15-21-41(33-40)58-42-26-27-44-43-22-11-12-23-47(43)57(50(44)34-42)51-32-39(28-29-54-51)53(2,3)4/h5-34H,1-4H3/i1D3,5D,6D,7D,8D,9D,10D,16D,17D,18D,19D. The predicted octanol–water partition coefficient (Wildman–Crippen LogP) is 12.9. The summed E-state index contributed by atoms with van der Waals surface area (Å²) >= 11 is 0. The Labute approximate surface area is 357 Å². The first-order chi connectivity index (χ1) is 33.6. The average molecular weight is 764 g/mol. The SMILES string of the molecule is [2H]c1c([2H])c([2H])c(-c2cc(C([2H])([2H])[2H])cc(-c3c([2H])c([2H])c([2H])c([2H])c3[2H])c2-[n+]2[c-]n(-c3cccc(Oc4ccc5c6ccccc6n(-c6cc(C(C)(C)C)ccn6)c5c4)c3)c3ccccc32)c([2H])c1[2H]. The first kappa shape index (κ1) is 23.7. The molecule has 0 atom stereocenters. The molecule has 0 unspecified atom stereocenters. The van der Waals surface area contributed by atoms with Crippen LogP contribution >= 0.6 is 0 Å². The Bertz CT molecular complexity index is 3700. The van der Waals surface area contributed by atoms with Crippen LogP contribution in [-0.4, -0.2) is 14.1 Å². The number of rotatable bonds is 7. The van der Waals surface area contributed by atoms with Crippen LogP contribution in [0.25, 0.3) is 72.3 Å². The van der Waals surface area contributed by atoms with Crippen molar-refractivity contribution in [1.29, 1.82) is 0 Å².